The average Bonchev–Trinajstić information content (AvgIpc) is 3.26. The Morgan fingerprint density at radius 3 is 2.32 bits per heavy atom. The molecule has 0 saturated carbocycles. The molecule has 192 valence electrons. The molecular weight excluding hydrogens is 452 g/mol. The van der Waals surface area contributed by atoms with E-state index < -0.39 is 11.0 Å². The van der Waals surface area contributed by atoms with Crippen LogP contribution in [0.1, 0.15) is 30.4 Å². The molecule has 0 spiro atoms. The molecule has 1 aromatic carbocycles. The van der Waals surface area contributed by atoms with E-state index in [1.807, 2.05) is 45.0 Å². The SMILES string of the molecule is COc1cc(C)c(S(=O)N(C)CCOCC(=O)N(C)C2CCN(C3CCN(C)C3)CC2)c(C)c1. The number of piperidine rings is 1. The van der Waals surface area contributed by atoms with Gasteiger partial charge in [0.15, 0.2) is 0 Å². The van der Waals surface area contributed by atoms with Crippen LogP contribution in [0.4, 0.5) is 0 Å². The first-order valence-corrected chi connectivity index (χ1v) is 13.4. The number of hydrogen-bond acceptors (Lipinski definition) is 6. The maximum Gasteiger partial charge on any atom is 0.248 e. The van der Waals surface area contributed by atoms with Crippen LogP contribution in [0.15, 0.2) is 17.0 Å². The Bertz CT molecular complexity index is 836. The highest BCUT2D eigenvalue weighted by Gasteiger charge is 2.31. The molecule has 34 heavy (non-hydrogen) atoms. The lowest BCUT2D eigenvalue weighted by atomic mass is 10.0. The molecule has 2 saturated heterocycles. The molecule has 8 nitrogen and oxygen atoms in total. The van der Waals surface area contributed by atoms with E-state index >= 15 is 0 Å². The number of aryl methyl sites for hydroxylation is 2. The number of nitrogens with zero attached hydrogens (tertiary/aromatic N) is 4. The summed E-state index contributed by atoms with van der Waals surface area (Å²) in [6.07, 6.45) is 3.29. The normalized spacial score (nSPS) is 21.2. The molecule has 0 bridgehead atoms. The molecule has 0 aliphatic carbocycles. The Hall–Kier alpha value is -1.52. The van der Waals surface area contributed by atoms with Crippen LogP contribution in [0.2, 0.25) is 0 Å². The van der Waals surface area contributed by atoms with Gasteiger partial charge in [0.2, 0.25) is 5.91 Å². The fourth-order valence-corrected chi connectivity index (χ4v) is 6.27. The zero-order valence-electron chi connectivity index (χ0n) is 21.7. The molecular formula is C25H42N4O4S. The van der Waals surface area contributed by atoms with Crippen LogP contribution < -0.4 is 4.74 Å². The second-order valence-electron chi connectivity index (χ2n) is 9.72. The lowest BCUT2D eigenvalue weighted by Crippen LogP contribution is -2.49. The number of carbonyl (C=O) groups is 1. The van der Waals surface area contributed by atoms with E-state index in [1.54, 1.807) is 11.4 Å². The summed E-state index contributed by atoms with van der Waals surface area (Å²) >= 11 is 0. The molecule has 1 amide bonds. The first-order chi connectivity index (χ1) is 16.2. The van der Waals surface area contributed by atoms with Crippen molar-refractivity contribution >= 4 is 16.9 Å². The molecule has 0 radical (unpaired) electrons. The molecule has 9 heteroatoms. The van der Waals surface area contributed by atoms with E-state index in [-0.39, 0.29) is 18.6 Å². The van der Waals surface area contributed by atoms with Gasteiger partial charge in [0, 0.05) is 52.4 Å². The van der Waals surface area contributed by atoms with Gasteiger partial charge >= 0.3 is 0 Å². The molecule has 2 aliphatic rings. The highest BCUT2D eigenvalue weighted by Crippen LogP contribution is 2.25. The number of rotatable bonds is 10. The van der Waals surface area contributed by atoms with Crippen LogP contribution in [0.3, 0.4) is 0 Å². The molecule has 2 unspecified atom stereocenters. The van der Waals surface area contributed by atoms with E-state index in [4.69, 9.17) is 9.47 Å². The maximum absolute atomic E-state index is 13.0. The minimum Gasteiger partial charge on any atom is -0.497 e. The third kappa shape index (κ3) is 6.79. The predicted octanol–water partition coefficient (Wildman–Crippen LogP) is 1.91. The summed E-state index contributed by atoms with van der Waals surface area (Å²) in [6, 6.07) is 4.75. The summed E-state index contributed by atoms with van der Waals surface area (Å²) in [5, 5.41) is 0. The van der Waals surface area contributed by atoms with E-state index in [1.165, 1.54) is 13.0 Å². The first-order valence-electron chi connectivity index (χ1n) is 12.3. The number of amides is 1. The van der Waals surface area contributed by atoms with Crippen molar-refractivity contribution in [2.75, 3.05) is 74.2 Å². The summed E-state index contributed by atoms with van der Waals surface area (Å²) in [7, 11) is 6.23. The van der Waals surface area contributed by atoms with Crippen molar-refractivity contribution in [3.63, 3.8) is 0 Å². The number of ether oxygens (including phenoxy) is 2. The number of benzene rings is 1. The van der Waals surface area contributed by atoms with Crippen LogP contribution in [-0.4, -0.2) is 115 Å². The van der Waals surface area contributed by atoms with Crippen molar-refractivity contribution in [1.82, 2.24) is 19.0 Å². The standard InChI is InChI=1S/C25H42N4O4S/c1-19-15-23(32-6)16-20(2)25(19)34(31)27(4)13-14-33-18-24(30)28(5)21-8-11-29(12-9-21)22-7-10-26(3)17-22/h15-16,21-22H,7-14,17-18H2,1-6H3. The molecule has 2 atom stereocenters. The number of likely N-dealkylation sites (N-methyl/N-ethyl adjacent to an activating group) is 3. The quantitative estimate of drug-likeness (QED) is 0.463. The van der Waals surface area contributed by atoms with Crippen molar-refractivity contribution in [3.05, 3.63) is 23.3 Å². The summed E-state index contributed by atoms with van der Waals surface area (Å²) in [6.45, 7) is 9.23. The number of carbonyl (C=O) groups excluding carboxylic acids is 1. The van der Waals surface area contributed by atoms with Crippen molar-refractivity contribution in [1.29, 1.82) is 0 Å². The average molecular weight is 495 g/mol. The van der Waals surface area contributed by atoms with E-state index in [9.17, 15) is 9.00 Å². The van der Waals surface area contributed by atoms with Gasteiger partial charge in [0.25, 0.3) is 0 Å². The largest absolute Gasteiger partial charge is 0.497 e. The van der Waals surface area contributed by atoms with Crippen molar-refractivity contribution in [2.24, 2.45) is 0 Å². The van der Waals surface area contributed by atoms with Crippen molar-refractivity contribution < 1.29 is 18.5 Å². The lowest BCUT2D eigenvalue weighted by Gasteiger charge is -2.39. The van der Waals surface area contributed by atoms with E-state index in [0.717, 1.165) is 54.2 Å². The Morgan fingerprint density at radius 2 is 1.76 bits per heavy atom. The summed E-state index contributed by atoms with van der Waals surface area (Å²) in [5.41, 5.74) is 1.87. The van der Waals surface area contributed by atoms with Gasteiger partial charge in [-0.05, 0) is 70.0 Å². The van der Waals surface area contributed by atoms with Gasteiger partial charge in [-0.1, -0.05) is 0 Å². The number of likely N-dealkylation sites (tertiary alicyclic amines) is 2. The molecule has 2 fully saturated rings. The van der Waals surface area contributed by atoms with Crippen molar-refractivity contribution in [3.8, 4) is 5.75 Å². The van der Waals surface area contributed by atoms with Crippen LogP contribution >= 0.6 is 0 Å². The van der Waals surface area contributed by atoms with E-state index in [2.05, 4.69) is 16.8 Å². The molecule has 2 heterocycles. The molecule has 3 rings (SSSR count). The highest BCUT2D eigenvalue weighted by atomic mass is 32.2. The Morgan fingerprint density at radius 1 is 1.12 bits per heavy atom. The fraction of sp³-hybridized carbons (Fsp3) is 0.720. The van der Waals surface area contributed by atoms with Gasteiger partial charge < -0.3 is 19.3 Å². The zero-order valence-corrected chi connectivity index (χ0v) is 22.5. The first kappa shape index (κ1) is 27.1. The fourth-order valence-electron chi connectivity index (χ4n) is 5.05. The smallest absolute Gasteiger partial charge is 0.248 e. The monoisotopic (exact) mass is 494 g/mol. The second-order valence-corrected chi connectivity index (χ2v) is 11.3. The van der Waals surface area contributed by atoms with Gasteiger partial charge in [-0.15, -0.1) is 0 Å². The summed E-state index contributed by atoms with van der Waals surface area (Å²) in [5.74, 6) is 0.783. The summed E-state index contributed by atoms with van der Waals surface area (Å²) in [4.78, 5) is 20.3. The number of methoxy groups -OCH3 is 1. The highest BCUT2D eigenvalue weighted by molar-refractivity contribution is 7.82. The molecule has 0 N–H and O–H groups in total. The zero-order chi connectivity index (χ0) is 24.8. The van der Waals surface area contributed by atoms with Gasteiger partial charge in [-0.2, -0.15) is 0 Å². The third-order valence-electron chi connectivity index (χ3n) is 7.23. The minimum atomic E-state index is -1.30. The predicted molar refractivity (Wildman–Crippen MR) is 136 cm³/mol. The summed E-state index contributed by atoms with van der Waals surface area (Å²) < 4.78 is 25.8. The Kier molecular flexibility index (Phi) is 9.91. The van der Waals surface area contributed by atoms with Gasteiger partial charge in [-0.3, -0.25) is 9.69 Å². The lowest BCUT2D eigenvalue weighted by molar-refractivity contribution is -0.137. The van der Waals surface area contributed by atoms with Crippen LogP contribution in [0.5, 0.6) is 5.75 Å². The van der Waals surface area contributed by atoms with Crippen LogP contribution in [0.25, 0.3) is 0 Å². The maximum atomic E-state index is 13.0. The molecule has 2 aliphatic heterocycles. The van der Waals surface area contributed by atoms with Gasteiger partial charge in [0.1, 0.15) is 23.3 Å². The Balaban J connectivity index is 1.38. The van der Waals surface area contributed by atoms with Gasteiger partial charge in [-0.25, -0.2) is 8.51 Å². The number of hydrogen-bond donors (Lipinski definition) is 0. The molecule has 1 aromatic rings. The minimum absolute atomic E-state index is 0.0182. The van der Waals surface area contributed by atoms with Gasteiger partial charge in [0.05, 0.1) is 18.6 Å². The Labute approximate surface area is 207 Å². The second kappa shape index (κ2) is 12.4. The third-order valence-corrected chi connectivity index (χ3v) is 8.97. The van der Waals surface area contributed by atoms with E-state index in [0.29, 0.717) is 19.2 Å². The topological polar surface area (TPSA) is 65.6 Å². The molecule has 0 aromatic heterocycles. The van der Waals surface area contributed by atoms with Crippen LogP contribution in [-0.2, 0) is 20.5 Å². The van der Waals surface area contributed by atoms with Crippen molar-refractivity contribution in [2.45, 2.75) is 50.1 Å². The van der Waals surface area contributed by atoms with Crippen LogP contribution in [0, 0.1) is 13.8 Å².